The molecule has 0 radical (unpaired) electrons. The number of para-hydroxylation sites is 1. The lowest BCUT2D eigenvalue weighted by Crippen LogP contribution is -2.32. The van der Waals surface area contributed by atoms with Crippen molar-refractivity contribution in [2.75, 3.05) is 6.79 Å². The minimum atomic E-state index is -0.419. The van der Waals surface area contributed by atoms with Gasteiger partial charge in [0.25, 0.3) is 5.56 Å². The van der Waals surface area contributed by atoms with Gasteiger partial charge in [-0.25, -0.2) is 4.98 Å². The van der Waals surface area contributed by atoms with Crippen molar-refractivity contribution in [3.8, 4) is 11.5 Å². The summed E-state index contributed by atoms with van der Waals surface area (Å²) in [4.78, 5) is 30.5. The Morgan fingerprint density at radius 3 is 2.77 bits per heavy atom. The van der Waals surface area contributed by atoms with Crippen LogP contribution in [0, 0.1) is 0 Å². The lowest BCUT2D eigenvalue weighted by atomic mass is 10.2. The van der Waals surface area contributed by atoms with Gasteiger partial charge >= 0.3 is 0 Å². The van der Waals surface area contributed by atoms with E-state index < -0.39 is 5.25 Å². The molecule has 3 aromatic rings. The molecule has 2 unspecified atom stereocenters. The Kier molecular flexibility index (Phi) is 6.18. The third-order valence-corrected chi connectivity index (χ3v) is 6.43. The molecule has 2 aromatic carbocycles. The van der Waals surface area contributed by atoms with Crippen LogP contribution in [0.25, 0.3) is 10.9 Å². The Morgan fingerprint density at radius 2 is 1.97 bits per heavy atom. The summed E-state index contributed by atoms with van der Waals surface area (Å²) in [5.74, 6) is 1.28. The fraction of sp³-hybridized carbons (Fsp3) is 0.348. The zero-order chi connectivity index (χ0) is 22.0. The van der Waals surface area contributed by atoms with E-state index in [1.165, 1.54) is 11.8 Å². The molecular weight excluding hydrogens is 414 g/mol. The van der Waals surface area contributed by atoms with Crippen LogP contribution in [0.15, 0.2) is 52.4 Å². The van der Waals surface area contributed by atoms with E-state index in [2.05, 4.69) is 5.32 Å². The number of fused-ring (bicyclic) bond motifs is 2. The quantitative estimate of drug-likeness (QED) is 0.444. The molecule has 1 amide bonds. The lowest BCUT2D eigenvalue weighted by Gasteiger charge is -2.20. The predicted octanol–water partition coefficient (Wildman–Crippen LogP) is 3.89. The summed E-state index contributed by atoms with van der Waals surface area (Å²) in [6.07, 6.45) is 0.790. The van der Waals surface area contributed by atoms with E-state index in [0.717, 1.165) is 12.0 Å². The number of amides is 1. The summed E-state index contributed by atoms with van der Waals surface area (Å²) in [6, 6.07) is 12.9. The third kappa shape index (κ3) is 4.39. The largest absolute Gasteiger partial charge is 0.454 e. The monoisotopic (exact) mass is 439 g/mol. The molecule has 0 saturated heterocycles. The Balaban J connectivity index is 1.51. The number of nitrogens with zero attached hydrogens (tertiary/aromatic N) is 2. The second kappa shape index (κ2) is 9.01. The van der Waals surface area contributed by atoms with Gasteiger partial charge in [-0.15, -0.1) is 0 Å². The molecule has 0 bridgehead atoms. The highest BCUT2D eigenvalue weighted by molar-refractivity contribution is 8.00. The molecule has 0 saturated carbocycles. The first-order valence-electron chi connectivity index (χ1n) is 10.3. The fourth-order valence-electron chi connectivity index (χ4n) is 3.38. The number of thioether (sulfide) groups is 1. The topological polar surface area (TPSA) is 82.5 Å². The van der Waals surface area contributed by atoms with E-state index in [-0.39, 0.29) is 24.3 Å². The summed E-state index contributed by atoms with van der Waals surface area (Å²) >= 11 is 1.30. The summed E-state index contributed by atoms with van der Waals surface area (Å²) in [7, 11) is 0. The first-order valence-corrected chi connectivity index (χ1v) is 11.2. The van der Waals surface area contributed by atoms with Gasteiger partial charge in [0.15, 0.2) is 16.7 Å². The zero-order valence-electron chi connectivity index (χ0n) is 17.8. The highest BCUT2D eigenvalue weighted by Gasteiger charge is 2.21. The van der Waals surface area contributed by atoms with Gasteiger partial charge in [-0.05, 0) is 50.1 Å². The van der Waals surface area contributed by atoms with Gasteiger partial charge in [0.1, 0.15) is 0 Å². The maximum Gasteiger partial charge on any atom is 0.262 e. The van der Waals surface area contributed by atoms with Crippen molar-refractivity contribution in [1.82, 2.24) is 14.9 Å². The van der Waals surface area contributed by atoms with Gasteiger partial charge in [-0.3, -0.25) is 14.2 Å². The van der Waals surface area contributed by atoms with Crippen molar-refractivity contribution >= 4 is 28.6 Å². The van der Waals surface area contributed by atoms with Crippen LogP contribution < -0.4 is 20.3 Å². The summed E-state index contributed by atoms with van der Waals surface area (Å²) in [5, 5.41) is 3.68. The van der Waals surface area contributed by atoms with Crippen LogP contribution >= 0.6 is 11.8 Å². The highest BCUT2D eigenvalue weighted by atomic mass is 32.2. The van der Waals surface area contributed by atoms with E-state index in [0.29, 0.717) is 34.1 Å². The number of hydrogen-bond donors (Lipinski definition) is 1. The smallest absolute Gasteiger partial charge is 0.262 e. The summed E-state index contributed by atoms with van der Waals surface area (Å²) < 4.78 is 12.4. The molecular formula is C23H25N3O4S. The molecule has 1 aliphatic heterocycles. The normalized spacial score (nSPS) is 14.4. The molecule has 31 heavy (non-hydrogen) atoms. The number of carbonyl (C=O) groups excluding carboxylic acids is 1. The van der Waals surface area contributed by atoms with Gasteiger partial charge in [0.2, 0.25) is 12.7 Å². The van der Waals surface area contributed by atoms with Crippen LogP contribution in [0.2, 0.25) is 0 Å². The van der Waals surface area contributed by atoms with Crippen molar-refractivity contribution in [2.24, 2.45) is 0 Å². The van der Waals surface area contributed by atoms with E-state index in [9.17, 15) is 9.59 Å². The second-order valence-corrected chi connectivity index (χ2v) is 8.82. The van der Waals surface area contributed by atoms with E-state index in [1.807, 2.05) is 57.2 Å². The molecule has 2 atom stereocenters. The number of hydrogen-bond acceptors (Lipinski definition) is 6. The number of nitrogens with one attached hydrogen (secondary N) is 1. The van der Waals surface area contributed by atoms with Crippen LogP contribution in [0.4, 0.5) is 0 Å². The van der Waals surface area contributed by atoms with Gasteiger partial charge < -0.3 is 14.8 Å². The molecule has 1 aliphatic rings. The van der Waals surface area contributed by atoms with E-state index in [1.54, 1.807) is 10.6 Å². The van der Waals surface area contributed by atoms with Crippen LogP contribution in [0.5, 0.6) is 11.5 Å². The molecule has 1 aromatic heterocycles. The second-order valence-electron chi connectivity index (χ2n) is 7.51. The number of benzene rings is 2. The van der Waals surface area contributed by atoms with Gasteiger partial charge in [0, 0.05) is 12.6 Å². The Labute approximate surface area is 184 Å². The minimum absolute atomic E-state index is 0.0176. The standard InChI is InChI=1S/C23H25N3O4S/c1-4-14(2)26-22(28)17-7-5-6-8-18(17)25-23(26)31-15(3)21(27)24-12-16-9-10-19-20(11-16)30-13-29-19/h5-11,14-15H,4,12-13H2,1-3H3,(H,24,27). The maximum absolute atomic E-state index is 13.1. The molecule has 2 heterocycles. The third-order valence-electron chi connectivity index (χ3n) is 5.36. The maximum atomic E-state index is 13.1. The predicted molar refractivity (Wildman–Crippen MR) is 121 cm³/mol. The van der Waals surface area contributed by atoms with Crippen molar-refractivity contribution < 1.29 is 14.3 Å². The first kappa shape index (κ1) is 21.2. The Morgan fingerprint density at radius 1 is 1.19 bits per heavy atom. The van der Waals surface area contributed by atoms with Crippen molar-refractivity contribution in [3.63, 3.8) is 0 Å². The van der Waals surface area contributed by atoms with Gasteiger partial charge in [0.05, 0.1) is 16.2 Å². The molecule has 0 spiro atoms. The van der Waals surface area contributed by atoms with Crippen molar-refractivity contribution in [3.05, 3.63) is 58.4 Å². The van der Waals surface area contributed by atoms with Crippen LogP contribution in [-0.4, -0.2) is 27.5 Å². The summed E-state index contributed by atoms with van der Waals surface area (Å²) in [5.41, 5.74) is 1.49. The number of aromatic nitrogens is 2. The first-order chi connectivity index (χ1) is 15.0. The molecule has 0 fully saturated rings. The van der Waals surface area contributed by atoms with E-state index in [4.69, 9.17) is 14.5 Å². The molecule has 0 aliphatic carbocycles. The van der Waals surface area contributed by atoms with Crippen LogP contribution in [0.3, 0.4) is 0 Å². The molecule has 1 N–H and O–H groups in total. The van der Waals surface area contributed by atoms with E-state index >= 15 is 0 Å². The Hall–Kier alpha value is -3.00. The van der Waals surface area contributed by atoms with Crippen molar-refractivity contribution in [1.29, 1.82) is 0 Å². The van der Waals surface area contributed by atoms with Crippen molar-refractivity contribution in [2.45, 2.75) is 50.2 Å². The fourth-order valence-corrected chi connectivity index (χ4v) is 4.41. The number of ether oxygens (including phenoxy) is 2. The van der Waals surface area contributed by atoms with Gasteiger partial charge in [-0.2, -0.15) is 0 Å². The Bertz CT molecular complexity index is 1180. The average molecular weight is 440 g/mol. The number of rotatable bonds is 7. The minimum Gasteiger partial charge on any atom is -0.454 e. The molecule has 4 rings (SSSR count). The lowest BCUT2D eigenvalue weighted by molar-refractivity contribution is -0.120. The van der Waals surface area contributed by atoms with Gasteiger partial charge in [-0.1, -0.05) is 36.9 Å². The molecule has 162 valence electrons. The SMILES string of the molecule is CCC(C)n1c(SC(C)C(=O)NCc2ccc3c(c2)OCO3)nc2ccccc2c1=O. The highest BCUT2D eigenvalue weighted by Crippen LogP contribution is 2.32. The average Bonchev–Trinajstić information content (AvgIpc) is 3.25. The van der Waals surface area contributed by atoms with Crippen LogP contribution in [0.1, 0.15) is 38.8 Å². The van der Waals surface area contributed by atoms with Crippen LogP contribution in [-0.2, 0) is 11.3 Å². The number of carbonyl (C=O) groups is 1. The molecule has 7 nitrogen and oxygen atoms in total. The summed E-state index contributed by atoms with van der Waals surface area (Å²) in [6.45, 7) is 6.44. The zero-order valence-corrected chi connectivity index (χ0v) is 18.6. The molecule has 8 heteroatoms.